The number of aryl methyl sites for hydroxylation is 2. The first kappa shape index (κ1) is 15.4. The maximum atomic E-state index is 9.23. The molecule has 0 amide bonds. The molecule has 0 aromatic heterocycles. The Hall–Kier alpha value is -1.98. The van der Waals surface area contributed by atoms with E-state index in [1.165, 1.54) is 0 Å². The van der Waals surface area contributed by atoms with E-state index in [0.717, 1.165) is 27.5 Å². The largest absolute Gasteiger partial charge is 0.456 e. The molecule has 0 N–H and O–H groups in total. The topological polar surface area (TPSA) is 33.0 Å². The van der Waals surface area contributed by atoms with E-state index in [2.05, 4.69) is 19.9 Å². The van der Waals surface area contributed by atoms with Crippen LogP contribution in [0.5, 0.6) is 11.5 Å². The molecule has 2 aromatic rings. The average molecular weight is 300 g/mol. The van der Waals surface area contributed by atoms with Crippen molar-refractivity contribution >= 4 is 11.6 Å². The van der Waals surface area contributed by atoms with E-state index in [0.29, 0.717) is 17.2 Å². The lowest BCUT2D eigenvalue weighted by Crippen LogP contribution is -1.95. The molecule has 0 saturated carbocycles. The Balaban J connectivity index is 2.45. The second-order valence-electron chi connectivity index (χ2n) is 5.51. The van der Waals surface area contributed by atoms with Gasteiger partial charge in [-0.3, -0.25) is 0 Å². The third-order valence-corrected chi connectivity index (χ3v) is 3.72. The van der Waals surface area contributed by atoms with Gasteiger partial charge in [-0.1, -0.05) is 31.5 Å². The van der Waals surface area contributed by atoms with E-state index >= 15 is 0 Å². The van der Waals surface area contributed by atoms with Gasteiger partial charge in [-0.25, -0.2) is 0 Å². The van der Waals surface area contributed by atoms with Gasteiger partial charge in [-0.05, 0) is 60.7 Å². The summed E-state index contributed by atoms with van der Waals surface area (Å²) >= 11 is 6.27. The first-order valence-electron chi connectivity index (χ1n) is 6.91. The minimum absolute atomic E-state index is 0.314. The van der Waals surface area contributed by atoms with E-state index in [-0.39, 0.29) is 0 Å². The summed E-state index contributed by atoms with van der Waals surface area (Å²) in [7, 11) is 0. The summed E-state index contributed by atoms with van der Waals surface area (Å²) < 4.78 is 5.95. The number of nitrogens with zero attached hydrogens (tertiary/aromatic N) is 1. The van der Waals surface area contributed by atoms with Crippen LogP contribution in [0, 0.1) is 25.2 Å². The minimum atomic E-state index is 0.314. The highest BCUT2D eigenvalue weighted by Crippen LogP contribution is 2.34. The maximum Gasteiger partial charge on any atom is 0.145 e. The van der Waals surface area contributed by atoms with Gasteiger partial charge in [0.25, 0.3) is 0 Å². The summed E-state index contributed by atoms with van der Waals surface area (Å²) in [4.78, 5) is 0. The van der Waals surface area contributed by atoms with Crippen molar-refractivity contribution in [2.45, 2.75) is 33.6 Å². The number of benzene rings is 2. The van der Waals surface area contributed by atoms with Crippen LogP contribution in [0.1, 0.15) is 42.0 Å². The van der Waals surface area contributed by atoms with Crippen LogP contribution in [0.25, 0.3) is 0 Å². The Labute approximate surface area is 130 Å². The van der Waals surface area contributed by atoms with Crippen molar-refractivity contribution < 1.29 is 4.74 Å². The van der Waals surface area contributed by atoms with Gasteiger partial charge in [0.05, 0.1) is 5.56 Å². The molecule has 2 rings (SSSR count). The minimum Gasteiger partial charge on any atom is -0.456 e. The zero-order valence-corrected chi connectivity index (χ0v) is 13.5. The van der Waals surface area contributed by atoms with Gasteiger partial charge in [0.2, 0.25) is 0 Å². The smallest absolute Gasteiger partial charge is 0.145 e. The number of nitriles is 1. The number of hydrogen-bond acceptors (Lipinski definition) is 2. The highest BCUT2D eigenvalue weighted by Gasteiger charge is 2.12. The Kier molecular flexibility index (Phi) is 4.55. The first-order valence-corrected chi connectivity index (χ1v) is 7.28. The number of halogens is 1. The van der Waals surface area contributed by atoms with Crippen LogP contribution in [0.15, 0.2) is 30.3 Å². The molecule has 0 atom stereocenters. The van der Waals surface area contributed by atoms with Crippen molar-refractivity contribution in [2.75, 3.05) is 0 Å². The summed E-state index contributed by atoms with van der Waals surface area (Å²) in [6.07, 6.45) is 0. The number of rotatable bonds is 3. The number of ether oxygens (including phenoxy) is 1. The van der Waals surface area contributed by atoms with Gasteiger partial charge in [-0.2, -0.15) is 5.26 Å². The molecule has 0 heterocycles. The van der Waals surface area contributed by atoms with E-state index in [1.807, 2.05) is 44.2 Å². The van der Waals surface area contributed by atoms with Gasteiger partial charge in [0, 0.05) is 5.02 Å². The third-order valence-electron chi connectivity index (χ3n) is 3.39. The molecule has 0 aliphatic carbocycles. The SMILES string of the molecule is Cc1ccc(Oc2cc(C(C)C)c(Cl)cc2C)c(C#N)c1. The molecule has 3 heteroatoms. The van der Waals surface area contributed by atoms with Crippen molar-refractivity contribution in [3.63, 3.8) is 0 Å². The zero-order chi connectivity index (χ0) is 15.6. The molecule has 0 bridgehead atoms. The molecule has 2 nitrogen and oxygen atoms in total. The summed E-state index contributed by atoms with van der Waals surface area (Å²) in [6, 6.07) is 11.6. The Morgan fingerprint density at radius 3 is 2.43 bits per heavy atom. The second-order valence-corrected chi connectivity index (χ2v) is 5.91. The van der Waals surface area contributed by atoms with Crippen LogP contribution in [0.4, 0.5) is 0 Å². The molecule has 0 aliphatic rings. The maximum absolute atomic E-state index is 9.23. The predicted molar refractivity (Wildman–Crippen MR) is 86.2 cm³/mol. The molecule has 0 saturated heterocycles. The number of hydrogen-bond donors (Lipinski definition) is 0. The van der Waals surface area contributed by atoms with Crippen molar-refractivity contribution in [3.8, 4) is 17.6 Å². The molecule has 0 unspecified atom stereocenters. The van der Waals surface area contributed by atoms with Crippen LogP contribution >= 0.6 is 11.6 Å². The monoisotopic (exact) mass is 299 g/mol. The van der Waals surface area contributed by atoms with Crippen molar-refractivity contribution in [2.24, 2.45) is 0 Å². The molecule has 21 heavy (non-hydrogen) atoms. The Morgan fingerprint density at radius 2 is 1.81 bits per heavy atom. The van der Waals surface area contributed by atoms with Gasteiger partial charge < -0.3 is 4.74 Å². The normalized spacial score (nSPS) is 10.5. The van der Waals surface area contributed by atoms with Crippen molar-refractivity contribution in [1.82, 2.24) is 0 Å². The zero-order valence-electron chi connectivity index (χ0n) is 12.7. The molecular formula is C18H18ClNO. The Bertz CT molecular complexity index is 714. The molecule has 108 valence electrons. The fourth-order valence-electron chi connectivity index (χ4n) is 2.16. The lowest BCUT2D eigenvalue weighted by molar-refractivity contribution is 0.476. The molecule has 0 fully saturated rings. The van der Waals surface area contributed by atoms with E-state index in [9.17, 15) is 5.26 Å². The average Bonchev–Trinajstić information content (AvgIpc) is 2.42. The summed E-state index contributed by atoms with van der Waals surface area (Å²) in [5, 5.41) is 9.98. The van der Waals surface area contributed by atoms with Crippen LogP contribution in [0.2, 0.25) is 5.02 Å². The van der Waals surface area contributed by atoms with Crippen LogP contribution in [-0.2, 0) is 0 Å². The lowest BCUT2D eigenvalue weighted by atomic mass is 10.0. The van der Waals surface area contributed by atoms with E-state index in [1.54, 1.807) is 0 Å². The van der Waals surface area contributed by atoms with Gasteiger partial charge in [0.1, 0.15) is 17.6 Å². The van der Waals surface area contributed by atoms with Crippen LogP contribution in [-0.4, -0.2) is 0 Å². The van der Waals surface area contributed by atoms with Crippen molar-refractivity contribution in [3.05, 3.63) is 57.6 Å². The van der Waals surface area contributed by atoms with Crippen LogP contribution < -0.4 is 4.74 Å². The predicted octanol–water partition coefficient (Wildman–Crippen LogP) is 5.74. The molecule has 0 spiro atoms. The molecular weight excluding hydrogens is 282 g/mol. The fourth-order valence-corrected chi connectivity index (χ4v) is 2.60. The molecule has 0 radical (unpaired) electrons. The highest BCUT2D eigenvalue weighted by atomic mass is 35.5. The van der Waals surface area contributed by atoms with E-state index < -0.39 is 0 Å². The van der Waals surface area contributed by atoms with Gasteiger partial charge in [-0.15, -0.1) is 0 Å². The quantitative estimate of drug-likeness (QED) is 0.723. The Morgan fingerprint density at radius 1 is 1.10 bits per heavy atom. The third kappa shape index (κ3) is 3.37. The second kappa shape index (κ2) is 6.20. The molecule has 0 aliphatic heterocycles. The van der Waals surface area contributed by atoms with Gasteiger partial charge in [0.15, 0.2) is 0 Å². The van der Waals surface area contributed by atoms with Crippen LogP contribution in [0.3, 0.4) is 0 Å². The van der Waals surface area contributed by atoms with Crippen molar-refractivity contribution in [1.29, 1.82) is 5.26 Å². The lowest BCUT2D eigenvalue weighted by Gasteiger charge is -2.15. The molecule has 2 aromatic carbocycles. The summed E-state index contributed by atoms with van der Waals surface area (Å²) in [5.74, 6) is 1.63. The summed E-state index contributed by atoms with van der Waals surface area (Å²) in [6.45, 7) is 8.08. The van der Waals surface area contributed by atoms with Gasteiger partial charge >= 0.3 is 0 Å². The first-order chi connectivity index (χ1) is 9.92. The fraction of sp³-hybridized carbons (Fsp3) is 0.278. The van der Waals surface area contributed by atoms with E-state index in [4.69, 9.17) is 16.3 Å². The highest BCUT2D eigenvalue weighted by molar-refractivity contribution is 6.31. The summed E-state index contributed by atoms with van der Waals surface area (Å²) in [5.41, 5.74) is 3.57. The standard InChI is InChI=1S/C18H18ClNO/c1-11(2)15-9-18(13(4)8-16(15)19)21-17-6-5-12(3)7-14(17)10-20/h5-9,11H,1-4H3.